The first-order chi connectivity index (χ1) is 20.6. The number of carbonyl (C=O) groups is 4. The normalized spacial score (nSPS) is 11.7. The maximum Gasteiger partial charge on any atom is 0.335 e. The molecule has 218 valence electrons. The van der Waals surface area contributed by atoms with E-state index in [4.69, 9.17) is 16.7 Å². The molecule has 4 rings (SSSR count). The van der Waals surface area contributed by atoms with Crippen molar-refractivity contribution in [2.75, 3.05) is 10.6 Å². The Balaban J connectivity index is 1.44. The molecule has 43 heavy (non-hydrogen) atoms. The quantitative estimate of drug-likeness (QED) is 0.116. The van der Waals surface area contributed by atoms with Crippen molar-refractivity contribution in [1.29, 1.82) is 0 Å². The molecule has 0 saturated heterocycles. The number of carboxylic acids is 1. The molecule has 0 aliphatic carbocycles. The lowest BCUT2D eigenvalue weighted by Gasteiger charge is -2.14. The Morgan fingerprint density at radius 3 is 2.07 bits per heavy atom. The number of rotatable bonds is 10. The lowest BCUT2D eigenvalue weighted by Crippen LogP contribution is -2.30. The van der Waals surface area contributed by atoms with E-state index in [0.717, 1.165) is 4.90 Å². The van der Waals surface area contributed by atoms with Gasteiger partial charge in [0.25, 0.3) is 11.8 Å². The van der Waals surface area contributed by atoms with Crippen molar-refractivity contribution in [1.82, 2.24) is 5.32 Å². The van der Waals surface area contributed by atoms with Gasteiger partial charge in [-0.05, 0) is 85.8 Å². The maximum absolute atomic E-state index is 14.5. The molecule has 4 N–H and O–H groups in total. The van der Waals surface area contributed by atoms with Gasteiger partial charge in [-0.25, -0.2) is 9.18 Å². The van der Waals surface area contributed by atoms with E-state index in [2.05, 4.69) is 16.0 Å². The van der Waals surface area contributed by atoms with Gasteiger partial charge < -0.3 is 21.1 Å². The van der Waals surface area contributed by atoms with E-state index in [1.165, 1.54) is 60.3 Å². The van der Waals surface area contributed by atoms with Crippen LogP contribution in [0.2, 0.25) is 5.02 Å². The Hall–Kier alpha value is -4.93. The fourth-order valence-electron chi connectivity index (χ4n) is 3.75. The number of carboxylic acid groups (broad SMARTS) is 1. The van der Waals surface area contributed by atoms with Crippen LogP contribution in [0.3, 0.4) is 0 Å². The van der Waals surface area contributed by atoms with Crippen molar-refractivity contribution in [3.05, 3.63) is 130 Å². The van der Waals surface area contributed by atoms with Crippen molar-refractivity contribution in [3.63, 3.8) is 0 Å². The molecular formula is C32H25ClFN3O5S. The molecule has 0 fully saturated rings. The van der Waals surface area contributed by atoms with E-state index < -0.39 is 28.9 Å². The van der Waals surface area contributed by atoms with Gasteiger partial charge >= 0.3 is 5.97 Å². The highest BCUT2D eigenvalue weighted by atomic mass is 35.5. The summed E-state index contributed by atoms with van der Waals surface area (Å²) in [4.78, 5) is 50.4. The summed E-state index contributed by atoms with van der Waals surface area (Å²) in [5.41, 5.74) is 1.01. The third-order valence-corrected chi connectivity index (χ3v) is 7.45. The predicted octanol–water partition coefficient (Wildman–Crippen LogP) is 6.71. The molecule has 0 spiro atoms. The van der Waals surface area contributed by atoms with Crippen LogP contribution < -0.4 is 16.0 Å². The van der Waals surface area contributed by atoms with E-state index in [9.17, 15) is 23.6 Å². The third-order valence-electron chi connectivity index (χ3n) is 6.01. The third kappa shape index (κ3) is 8.54. The van der Waals surface area contributed by atoms with Gasteiger partial charge in [0.15, 0.2) is 0 Å². The highest BCUT2D eigenvalue weighted by Gasteiger charge is 2.18. The number of thioether (sulfide) groups is 1. The first kappa shape index (κ1) is 31.0. The largest absolute Gasteiger partial charge is 0.478 e. The van der Waals surface area contributed by atoms with Gasteiger partial charge in [0.2, 0.25) is 5.91 Å². The Labute approximate surface area is 256 Å². The summed E-state index contributed by atoms with van der Waals surface area (Å²) in [7, 11) is 0. The minimum Gasteiger partial charge on any atom is -0.478 e. The molecular weight excluding hydrogens is 593 g/mol. The van der Waals surface area contributed by atoms with E-state index >= 15 is 0 Å². The summed E-state index contributed by atoms with van der Waals surface area (Å²) in [6, 6.07) is 24.9. The molecule has 0 bridgehead atoms. The van der Waals surface area contributed by atoms with Crippen molar-refractivity contribution in [2.45, 2.75) is 17.1 Å². The van der Waals surface area contributed by atoms with Gasteiger partial charge in [0.1, 0.15) is 11.5 Å². The Kier molecular flexibility index (Phi) is 10.3. The monoisotopic (exact) mass is 617 g/mol. The van der Waals surface area contributed by atoms with Crippen LogP contribution in [-0.2, 0) is 9.59 Å². The summed E-state index contributed by atoms with van der Waals surface area (Å²) in [5.74, 6) is -3.26. The van der Waals surface area contributed by atoms with Crippen LogP contribution in [0.1, 0.15) is 33.2 Å². The lowest BCUT2D eigenvalue weighted by molar-refractivity contribution is -0.115. The van der Waals surface area contributed by atoms with E-state index in [1.54, 1.807) is 61.5 Å². The first-order valence-corrected chi connectivity index (χ1v) is 14.1. The average Bonchev–Trinajstić information content (AvgIpc) is 3.00. The second-order valence-electron chi connectivity index (χ2n) is 9.12. The molecule has 1 atom stereocenters. The average molecular weight is 618 g/mol. The lowest BCUT2D eigenvalue weighted by atomic mass is 10.1. The van der Waals surface area contributed by atoms with Gasteiger partial charge in [-0.15, -0.1) is 11.8 Å². The number of halogens is 2. The number of nitrogens with one attached hydrogen (secondary N) is 3. The Morgan fingerprint density at radius 2 is 1.44 bits per heavy atom. The molecule has 0 aliphatic heterocycles. The van der Waals surface area contributed by atoms with Gasteiger partial charge in [-0.1, -0.05) is 35.9 Å². The number of aromatic carboxylic acids is 1. The molecule has 3 amide bonds. The van der Waals surface area contributed by atoms with Gasteiger partial charge in [0, 0.05) is 27.4 Å². The van der Waals surface area contributed by atoms with E-state index in [0.29, 0.717) is 16.9 Å². The summed E-state index contributed by atoms with van der Waals surface area (Å²) in [5, 5.41) is 16.6. The smallest absolute Gasteiger partial charge is 0.335 e. The van der Waals surface area contributed by atoms with Crippen LogP contribution >= 0.6 is 23.4 Å². The zero-order valence-electron chi connectivity index (χ0n) is 22.6. The first-order valence-electron chi connectivity index (χ1n) is 12.8. The Bertz CT molecular complexity index is 1660. The second kappa shape index (κ2) is 14.3. The molecule has 4 aromatic carbocycles. The number of amides is 3. The minimum atomic E-state index is -1.06. The zero-order chi connectivity index (χ0) is 30.9. The summed E-state index contributed by atoms with van der Waals surface area (Å²) >= 11 is 7.44. The molecule has 8 nitrogen and oxygen atoms in total. The summed E-state index contributed by atoms with van der Waals surface area (Å²) < 4.78 is 14.5. The highest BCUT2D eigenvalue weighted by Crippen LogP contribution is 2.26. The van der Waals surface area contributed by atoms with Crippen LogP contribution in [0.5, 0.6) is 0 Å². The number of hydrogen-bond donors (Lipinski definition) is 4. The molecule has 0 radical (unpaired) electrons. The van der Waals surface area contributed by atoms with Gasteiger partial charge in [-0.2, -0.15) is 0 Å². The molecule has 1 unspecified atom stereocenters. The standard InChI is InChI=1S/C32H25ClFN3O5S/c1-19(29(38)35-22-12-10-21(11-13-22)32(41)42)43-24-16-14-23(15-17-24)36-31(40)28(18-25-26(33)8-5-9-27(25)34)37-30(39)20-6-3-2-4-7-20/h2-19H,1H3,(H,35,38)(H,36,40)(H,37,39)(H,41,42)/b28-18-. The number of hydrogen-bond acceptors (Lipinski definition) is 5. The minimum absolute atomic E-state index is 0.0560. The molecule has 0 saturated carbocycles. The van der Waals surface area contributed by atoms with E-state index in [1.807, 2.05) is 0 Å². The Morgan fingerprint density at radius 1 is 0.814 bits per heavy atom. The molecule has 4 aromatic rings. The van der Waals surface area contributed by atoms with Crippen molar-refractivity contribution in [3.8, 4) is 0 Å². The molecule has 0 heterocycles. The molecule has 0 aromatic heterocycles. The van der Waals surface area contributed by atoms with Gasteiger partial charge in [0.05, 0.1) is 15.8 Å². The summed E-state index contributed by atoms with van der Waals surface area (Å²) in [6.07, 6.45) is 1.17. The number of anilines is 2. The number of benzene rings is 4. The van der Waals surface area contributed by atoms with Crippen molar-refractivity contribution < 1.29 is 28.7 Å². The highest BCUT2D eigenvalue weighted by molar-refractivity contribution is 8.00. The van der Waals surface area contributed by atoms with Crippen LogP contribution in [0.15, 0.2) is 108 Å². The van der Waals surface area contributed by atoms with Crippen LogP contribution in [0.4, 0.5) is 15.8 Å². The zero-order valence-corrected chi connectivity index (χ0v) is 24.2. The summed E-state index contributed by atoms with van der Waals surface area (Å²) in [6.45, 7) is 1.72. The second-order valence-corrected chi connectivity index (χ2v) is 10.9. The fraction of sp³-hybridized carbons (Fsp3) is 0.0625. The molecule has 0 aliphatic rings. The van der Waals surface area contributed by atoms with Crippen LogP contribution in [-0.4, -0.2) is 34.0 Å². The van der Waals surface area contributed by atoms with Gasteiger partial charge in [-0.3, -0.25) is 14.4 Å². The fourth-order valence-corrected chi connectivity index (χ4v) is 4.83. The SMILES string of the molecule is CC(Sc1ccc(NC(=O)/C(=C/c2c(F)cccc2Cl)NC(=O)c2ccccc2)cc1)C(=O)Nc1ccc(C(=O)O)cc1. The van der Waals surface area contributed by atoms with Crippen molar-refractivity contribution in [2.24, 2.45) is 0 Å². The van der Waals surface area contributed by atoms with Crippen molar-refractivity contribution >= 4 is 64.5 Å². The topological polar surface area (TPSA) is 125 Å². The van der Waals surface area contributed by atoms with Crippen LogP contribution in [0, 0.1) is 5.82 Å². The van der Waals surface area contributed by atoms with Crippen LogP contribution in [0.25, 0.3) is 6.08 Å². The molecule has 11 heteroatoms. The predicted molar refractivity (Wildman–Crippen MR) is 166 cm³/mol. The maximum atomic E-state index is 14.5. The van der Waals surface area contributed by atoms with E-state index in [-0.39, 0.29) is 27.8 Å². The number of carbonyl (C=O) groups excluding carboxylic acids is 3.